The first kappa shape index (κ1) is 10.2. The molecule has 1 unspecified atom stereocenters. The minimum atomic E-state index is -0.642. The van der Waals surface area contributed by atoms with Crippen molar-refractivity contribution >= 4 is 0 Å². The van der Waals surface area contributed by atoms with E-state index >= 15 is 0 Å². The number of aryl methyl sites for hydroxylation is 2. The fraction of sp³-hybridized carbons (Fsp3) is 0.667. The van der Waals surface area contributed by atoms with Crippen LogP contribution in [-0.4, -0.2) is 26.6 Å². The third-order valence-electron chi connectivity index (χ3n) is 2.04. The Bertz CT molecular complexity index is 271. The van der Waals surface area contributed by atoms with Crippen LogP contribution in [0.2, 0.25) is 0 Å². The number of aliphatic hydroxyl groups excluding tert-OH is 2. The summed E-state index contributed by atoms with van der Waals surface area (Å²) >= 11 is 0. The van der Waals surface area contributed by atoms with Gasteiger partial charge >= 0.3 is 0 Å². The first-order chi connectivity index (χ1) is 6.19. The van der Waals surface area contributed by atoms with Crippen LogP contribution in [0, 0.1) is 6.92 Å². The molecule has 4 nitrogen and oxygen atoms in total. The van der Waals surface area contributed by atoms with Crippen LogP contribution in [0.15, 0.2) is 6.07 Å². The van der Waals surface area contributed by atoms with Crippen molar-refractivity contribution in [1.29, 1.82) is 0 Å². The second-order valence-electron chi connectivity index (χ2n) is 3.05. The van der Waals surface area contributed by atoms with Gasteiger partial charge in [0.15, 0.2) is 0 Å². The molecule has 1 aromatic heterocycles. The minimum absolute atomic E-state index is 0.0147. The highest BCUT2D eigenvalue weighted by Crippen LogP contribution is 2.15. The first-order valence-corrected chi connectivity index (χ1v) is 4.52. The molecule has 2 N–H and O–H groups in total. The molecule has 0 aliphatic carbocycles. The standard InChI is InChI=1S/C9H16N2O2/c1-3-11-7(2)6-8(10-11)9(13)4-5-12/h6,9,12-13H,3-5H2,1-2H3. The molecule has 0 amide bonds. The Kier molecular flexibility index (Phi) is 3.45. The van der Waals surface area contributed by atoms with Crippen molar-refractivity contribution in [3.63, 3.8) is 0 Å². The van der Waals surface area contributed by atoms with Gasteiger partial charge < -0.3 is 10.2 Å². The molecule has 0 radical (unpaired) electrons. The summed E-state index contributed by atoms with van der Waals surface area (Å²) < 4.78 is 1.83. The molecule has 0 spiro atoms. The van der Waals surface area contributed by atoms with Crippen LogP contribution in [0.1, 0.15) is 30.8 Å². The molecule has 0 saturated heterocycles. The van der Waals surface area contributed by atoms with Crippen LogP contribution in [-0.2, 0) is 6.54 Å². The van der Waals surface area contributed by atoms with Gasteiger partial charge in [-0.05, 0) is 19.9 Å². The van der Waals surface area contributed by atoms with Gasteiger partial charge in [-0.15, -0.1) is 0 Å². The lowest BCUT2D eigenvalue weighted by Crippen LogP contribution is -2.03. The predicted octanol–water partition coefficient (Wildman–Crippen LogP) is 0.627. The molecule has 1 aromatic rings. The normalized spacial score (nSPS) is 13.2. The van der Waals surface area contributed by atoms with Gasteiger partial charge in [-0.1, -0.05) is 0 Å². The maximum Gasteiger partial charge on any atom is 0.1000 e. The summed E-state index contributed by atoms with van der Waals surface area (Å²) in [5.74, 6) is 0. The number of aromatic nitrogens is 2. The van der Waals surface area contributed by atoms with E-state index in [9.17, 15) is 5.11 Å². The third kappa shape index (κ3) is 2.29. The van der Waals surface area contributed by atoms with E-state index in [4.69, 9.17) is 5.11 Å². The molecular weight excluding hydrogens is 168 g/mol. The summed E-state index contributed by atoms with van der Waals surface area (Å²) in [5.41, 5.74) is 1.68. The summed E-state index contributed by atoms with van der Waals surface area (Å²) in [7, 11) is 0. The number of nitrogens with zero attached hydrogens (tertiary/aromatic N) is 2. The quantitative estimate of drug-likeness (QED) is 0.721. The molecule has 13 heavy (non-hydrogen) atoms. The second kappa shape index (κ2) is 4.39. The number of hydrogen-bond acceptors (Lipinski definition) is 3. The van der Waals surface area contributed by atoms with Crippen molar-refractivity contribution in [2.24, 2.45) is 0 Å². The molecule has 4 heteroatoms. The molecule has 0 aromatic carbocycles. The van der Waals surface area contributed by atoms with Crippen LogP contribution in [0.4, 0.5) is 0 Å². The van der Waals surface area contributed by atoms with E-state index in [-0.39, 0.29) is 6.61 Å². The van der Waals surface area contributed by atoms with E-state index in [2.05, 4.69) is 5.10 Å². The monoisotopic (exact) mass is 184 g/mol. The Morgan fingerprint density at radius 3 is 2.77 bits per heavy atom. The van der Waals surface area contributed by atoms with Gasteiger partial charge in [0, 0.05) is 25.3 Å². The first-order valence-electron chi connectivity index (χ1n) is 4.52. The number of rotatable bonds is 4. The predicted molar refractivity (Wildman–Crippen MR) is 49.3 cm³/mol. The van der Waals surface area contributed by atoms with E-state index in [1.54, 1.807) is 0 Å². The highest BCUT2D eigenvalue weighted by Gasteiger charge is 2.11. The van der Waals surface area contributed by atoms with Crippen molar-refractivity contribution in [3.05, 3.63) is 17.5 Å². The van der Waals surface area contributed by atoms with Crippen LogP contribution in [0.5, 0.6) is 0 Å². The molecule has 0 fully saturated rings. The molecular formula is C9H16N2O2. The van der Waals surface area contributed by atoms with E-state index in [0.717, 1.165) is 12.2 Å². The zero-order valence-electron chi connectivity index (χ0n) is 8.06. The van der Waals surface area contributed by atoms with Crippen LogP contribution < -0.4 is 0 Å². The van der Waals surface area contributed by atoms with E-state index in [1.807, 2.05) is 24.6 Å². The average molecular weight is 184 g/mol. The maximum absolute atomic E-state index is 9.52. The molecule has 74 valence electrons. The van der Waals surface area contributed by atoms with Gasteiger partial charge in [0.1, 0.15) is 0 Å². The highest BCUT2D eigenvalue weighted by molar-refractivity contribution is 5.11. The summed E-state index contributed by atoms with van der Waals surface area (Å²) in [4.78, 5) is 0. The highest BCUT2D eigenvalue weighted by atomic mass is 16.3. The van der Waals surface area contributed by atoms with Crippen LogP contribution in [0.3, 0.4) is 0 Å². The third-order valence-corrected chi connectivity index (χ3v) is 2.04. The summed E-state index contributed by atoms with van der Waals surface area (Å²) in [6.07, 6.45) is -0.295. The molecule has 0 aliphatic rings. The molecule has 1 rings (SSSR count). The van der Waals surface area contributed by atoms with E-state index in [1.165, 1.54) is 0 Å². The van der Waals surface area contributed by atoms with E-state index in [0.29, 0.717) is 12.1 Å². The fourth-order valence-corrected chi connectivity index (χ4v) is 1.29. The Morgan fingerprint density at radius 1 is 1.62 bits per heavy atom. The Labute approximate surface area is 77.8 Å². The summed E-state index contributed by atoms with van der Waals surface area (Å²) in [6.45, 7) is 4.74. The Morgan fingerprint density at radius 2 is 2.31 bits per heavy atom. The maximum atomic E-state index is 9.52. The molecule has 0 aliphatic heterocycles. The second-order valence-corrected chi connectivity index (χ2v) is 3.05. The molecule has 0 bridgehead atoms. The lowest BCUT2D eigenvalue weighted by Gasteiger charge is -2.03. The van der Waals surface area contributed by atoms with Crippen molar-refractivity contribution in [2.45, 2.75) is 32.9 Å². The van der Waals surface area contributed by atoms with Crippen molar-refractivity contribution in [1.82, 2.24) is 9.78 Å². The van der Waals surface area contributed by atoms with Gasteiger partial charge in [0.05, 0.1) is 11.8 Å². The molecule has 1 heterocycles. The van der Waals surface area contributed by atoms with Gasteiger partial charge in [0.2, 0.25) is 0 Å². The topological polar surface area (TPSA) is 58.3 Å². The summed E-state index contributed by atoms with van der Waals surface area (Å²) in [6, 6.07) is 1.85. The van der Waals surface area contributed by atoms with Crippen LogP contribution in [0.25, 0.3) is 0 Å². The van der Waals surface area contributed by atoms with Crippen molar-refractivity contribution < 1.29 is 10.2 Å². The molecule has 1 atom stereocenters. The van der Waals surface area contributed by atoms with Crippen molar-refractivity contribution in [2.75, 3.05) is 6.61 Å². The van der Waals surface area contributed by atoms with Gasteiger partial charge in [-0.3, -0.25) is 4.68 Å². The zero-order chi connectivity index (χ0) is 9.84. The molecule has 0 saturated carbocycles. The lowest BCUT2D eigenvalue weighted by molar-refractivity contribution is 0.130. The average Bonchev–Trinajstić information content (AvgIpc) is 2.47. The SMILES string of the molecule is CCn1nc(C(O)CCO)cc1C. The zero-order valence-corrected chi connectivity index (χ0v) is 8.06. The smallest absolute Gasteiger partial charge is 0.1000 e. The fourth-order valence-electron chi connectivity index (χ4n) is 1.29. The summed E-state index contributed by atoms with van der Waals surface area (Å²) in [5, 5.41) is 22.4. The van der Waals surface area contributed by atoms with Gasteiger partial charge in [0.25, 0.3) is 0 Å². The van der Waals surface area contributed by atoms with Crippen molar-refractivity contribution in [3.8, 4) is 0 Å². The lowest BCUT2D eigenvalue weighted by atomic mass is 10.2. The van der Waals surface area contributed by atoms with Gasteiger partial charge in [-0.25, -0.2) is 0 Å². The Hall–Kier alpha value is -0.870. The largest absolute Gasteiger partial charge is 0.396 e. The van der Waals surface area contributed by atoms with Gasteiger partial charge in [-0.2, -0.15) is 5.10 Å². The van der Waals surface area contributed by atoms with Crippen LogP contribution >= 0.6 is 0 Å². The van der Waals surface area contributed by atoms with E-state index < -0.39 is 6.10 Å². The minimum Gasteiger partial charge on any atom is -0.396 e. The number of aliphatic hydroxyl groups is 2. The Balaban J connectivity index is 2.77. The number of hydrogen-bond donors (Lipinski definition) is 2.